The Balaban J connectivity index is 2.00. The predicted octanol–water partition coefficient (Wildman–Crippen LogP) is 2.18. The van der Waals surface area contributed by atoms with Gasteiger partial charge in [0.15, 0.2) is 0 Å². The number of hydrogen-bond acceptors (Lipinski definition) is 4. The molecule has 0 saturated carbocycles. The highest BCUT2D eigenvalue weighted by Crippen LogP contribution is 2.36. The first-order valence-electron chi connectivity index (χ1n) is 8.88. The molecule has 1 fully saturated rings. The number of amides is 1. The standard InChI is InChI=1S/C18H27ClN2O4S/c1-3-26(23,24)21(2)11-5-10-20-17(22)18(8-12-25-13-9-18)15-6-4-7-16(19)14-15/h4,6-7,14H,3,5,8-13H2,1-2H3,(H,20,22). The van der Waals surface area contributed by atoms with Gasteiger partial charge < -0.3 is 10.1 Å². The van der Waals surface area contributed by atoms with E-state index in [9.17, 15) is 13.2 Å². The Labute approximate surface area is 160 Å². The summed E-state index contributed by atoms with van der Waals surface area (Å²) in [5.74, 6) is 0.0253. The Morgan fingerprint density at radius 2 is 2.04 bits per heavy atom. The van der Waals surface area contributed by atoms with Crippen molar-refractivity contribution in [2.45, 2.75) is 31.6 Å². The molecule has 0 atom stereocenters. The van der Waals surface area contributed by atoms with Crippen LogP contribution in [0.2, 0.25) is 5.02 Å². The van der Waals surface area contributed by atoms with Gasteiger partial charge in [0.1, 0.15) is 0 Å². The zero-order valence-electron chi connectivity index (χ0n) is 15.3. The van der Waals surface area contributed by atoms with Crippen molar-refractivity contribution in [3.63, 3.8) is 0 Å². The van der Waals surface area contributed by atoms with E-state index in [2.05, 4.69) is 5.32 Å². The molecular weight excluding hydrogens is 376 g/mol. The smallest absolute Gasteiger partial charge is 0.230 e. The molecule has 0 unspecified atom stereocenters. The fourth-order valence-corrected chi connectivity index (χ4v) is 4.22. The van der Waals surface area contributed by atoms with Crippen LogP contribution in [0.15, 0.2) is 24.3 Å². The number of sulfonamides is 1. The fraction of sp³-hybridized carbons (Fsp3) is 0.611. The summed E-state index contributed by atoms with van der Waals surface area (Å²) >= 11 is 6.12. The number of nitrogens with one attached hydrogen (secondary N) is 1. The molecule has 0 radical (unpaired) electrons. The molecule has 146 valence electrons. The highest BCUT2D eigenvalue weighted by atomic mass is 35.5. The predicted molar refractivity (Wildman–Crippen MR) is 103 cm³/mol. The normalized spacial score (nSPS) is 17.2. The minimum Gasteiger partial charge on any atom is -0.381 e. The van der Waals surface area contributed by atoms with Crippen LogP contribution in [0.3, 0.4) is 0 Å². The van der Waals surface area contributed by atoms with Crippen molar-refractivity contribution < 1.29 is 17.9 Å². The first-order chi connectivity index (χ1) is 12.3. The summed E-state index contributed by atoms with van der Waals surface area (Å²) in [6, 6.07) is 7.42. The summed E-state index contributed by atoms with van der Waals surface area (Å²) in [4.78, 5) is 13.0. The highest BCUT2D eigenvalue weighted by Gasteiger charge is 2.41. The summed E-state index contributed by atoms with van der Waals surface area (Å²) in [5.41, 5.74) is 0.251. The zero-order chi connectivity index (χ0) is 19.2. The highest BCUT2D eigenvalue weighted by molar-refractivity contribution is 7.89. The Morgan fingerprint density at radius 1 is 1.35 bits per heavy atom. The number of benzene rings is 1. The van der Waals surface area contributed by atoms with E-state index in [1.165, 1.54) is 4.31 Å². The molecule has 0 aromatic heterocycles. The van der Waals surface area contributed by atoms with E-state index < -0.39 is 15.4 Å². The second kappa shape index (κ2) is 9.17. The van der Waals surface area contributed by atoms with Gasteiger partial charge in [-0.15, -0.1) is 0 Å². The van der Waals surface area contributed by atoms with Gasteiger partial charge in [0.05, 0.1) is 11.2 Å². The van der Waals surface area contributed by atoms with E-state index in [4.69, 9.17) is 16.3 Å². The average molecular weight is 403 g/mol. The molecule has 0 spiro atoms. The summed E-state index contributed by atoms with van der Waals surface area (Å²) in [6.45, 7) is 3.47. The van der Waals surface area contributed by atoms with E-state index in [1.807, 2.05) is 18.2 Å². The minimum absolute atomic E-state index is 0.0518. The Bertz CT molecular complexity index is 718. The number of rotatable bonds is 8. The lowest BCUT2D eigenvalue weighted by Crippen LogP contribution is -2.48. The van der Waals surface area contributed by atoms with Gasteiger partial charge in [0, 0.05) is 38.4 Å². The van der Waals surface area contributed by atoms with Crippen molar-refractivity contribution in [1.82, 2.24) is 9.62 Å². The largest absolute Gasteiger partial charge is 0.381 e. The molecule has 1 heterocycles. The SMILES string of the molecule is CCS(=O)(=O)N(C)CCCNC(=O)C1(c2cccc(Cl)c2)CCOCC1. The van der Waals surface area contributed by atoms with E-state index in [1.54, 1.807) is 20.0 Å². The van der Waals surface area contributed by atoms with Gasteiger partial charge in [-0.3, -0.25) is 4.79 Å². The summed E-state index contributed by atoms with van der Waals surface area (Å²) in [7, 11) is -1.63. The first kappa shape index (κ1) is 21.2. The molecule has 8 heteroatoms. The van der Waals surface area contributed by atoms with Gasteiger partial charge in [-0.05, 0) is 43.9 Å². The number of hydrogen-bond donors (Lipinski definition) is 1. The van der Waals surface area contributed by atoms with Crippen molar-refractivity contribution in [2.24, 2.45) is 0 Å². The monoisotopic (exact) mass is 402 g/mol. The molecule has 0 aliphatic carbocycles. The second-order valence-electron chi connectivity index (χ2n) is 6.54. The maximum atomic E-state index is 13.0. The molecule has 1 aliphatic rings. The van der Waals surface area contributed by atoms with Crippen LogP contribution in [0.5, 0.6) is 0 Å². The molecule has 1 aliphatic heterocycles. The van der Waals surface area contributed by atoms with Crippen molar-refractivity contribution >= 4 is 27.5 Å². The molecule has 26 heavy (non-hydrogen) atoms. The molecular formula is C18H27ClN2O4S. The molecule has 2 rings (SSSR count). The summed E-state index contributed by atoms with van der Waals surface area (Å²) < 4.78 is 30.3. The lowest BCUT2D eigenvalue weighted by Gasteiger charge is -2.36. The van der Waals surface area contributed by atoms with Crippen LogP contribution < -0.4 is 5.32 Å². The second-order valence-corrected chi connectivity index (χ2v) is 9.34. The van der Waals surface area contributed by atoms with Gasteiger partial charge in [-0.1, -0.05) is 23.7 Å². The Morgan fingerprint density at radius 3 is 2.65 bits per heavy atom. The maximum Gasteiger partial charge on any atom is 0.230 e. The summed E-state index contributed by atoms with van der Waals surface area (Å²) in [5, 5.41) is 3.58. The molecule has 1 amide bonds. The van der Waals surface area contributed by atoms with Crippen LogP contribution in [0.4, 0.5) is 0 Å². The molecule has 6 nitrogen and oxygen atoms in total. The molecule has 1 aromatic rings. The quantitative estimate of drug-likeness (QED) is 0.676. The molecule has 1 N–H and O–H groups in total. The first-order valence-corrected chi connectivity index (χ1v) is 10.9. The van der Waals surface area contributed by atoms with E-state index in [0.29, 0.717) is 50.6 Å². The number of carbonyl (C=O) groups is 1. The fourth-order valence-electron chi connectivity index (χ4n) is 3.19. The lowest BCUT2D eigenvalue weighted by atomic mass is 9.73. The van der Waals surface area contributed by atoms with Crippen LogP contribution in [0.25, 0.3) is 0 Å². The third kappa shape index (κ3) is 4.97. The zero-order valence-corrected chi connectivity index (χ0v) is 16.9. The van der Waals surface area contributed by atoms with Gasteiger partial charge in [0.25, 0.3) is 0 Å². The van der Waals surface area contributed by atoms with Crippen molar-refractivity contribution in [3.05, 3.63) is 34.9 Å². The van der Waals surface area contributed by atoms with Crippen molar-refractivity contribution in [1.29, 1.82) is 0 Å². The van der Waals surface area contributed by atoms with Crippen LogP contribution in [0.1, 0.15) is 31.7 Å². The molecule has 0 bridgehead atoms. The summed E-state index contributed by atoms with van der Waals surface area (Å²) in [6.07, 6.45) is 1.76. The van der Waals surface area contributed by atoms with Gasteiger partial charge >= 0.3 is 0 Å². The van der Waals surface area contributed by atoms with Gasteiger partial charge in [-0.25, -0.2) is 12.7 Å². The number of halogens is 1. The van der Waals surface area contributed by atoms with Crippen LogP contribution in [-0.2, 0) is 25.0 Å². The average Bonchev–Trinajstić information content (AvgIpc) is 2.65. The number of ether oxygens (including phenoxy) is 1. The Kier molecular flexibility index (Phi) is 7.46. The van der Waals surface area contributed by atoms with Crippen molar-refractivity contribution in [3.8, 4) is 0 Å². The third-order valence-corrected chi connectivity index (χ3v) is 7.03. The van der Waals surface area contributed by atoms with Crippen LogP contribution >= 0.6 is 11.6 Å². The lowest BCUT2D eigenvalue weighted by molar-refractivity contribution is -0.130. The van der Waals surface area contributed by atoms with Crippen LogP contribution in [-0.4, -0.2) is 57.7 Å². The molecule has 1 saturated heterocycles. The van der Waals surface area contributed by atoms with E-state index >= 15 is 0 Å². The number of nitrogens with zero attached hydrogens (tertiary/aromatic N) is 1. The molecule has 1 aromatic carbocycles. The van der Waals surface area contributed by atoms with E-state index in [-0.39, 0.29) is 11.7 Å². The van der Waals surface area contributed by atoms with Crippen molar-refractivity contribution in [2.75, 3.05) is 39.1 Å². The Hall–Kier alpha value is -1.15. The van der Waals surface area contributed by atoms with Gasteiger partial charge in [0.2, 0.25) is 15.9 Å². The van der Waals surface area contributed by atoms with Crippen LogP contribution in [0, 0.1) is 0 Å². The number of carbonyl (C=O) groups excluding carboxylic acids is 1. The topological polar surface area (TPSA) is 75.7 Å². The van der Waals surface area contributed by atoms with Gasteiger partial charge in [-0.2, -0.15) is 0 Å². The minimum atomic E-state index is -3.19. The van der Waals surface area contributed by atoms with E-state index in [0.717, 1.165) is 5.56 Å². The maximum absolute atomic E-state index is 13.0. The third-order valence-electron chi connectivity index (χ3n) is 4.93.